The molecule has 3 heterocycles. The molecular weight excluding hydrogens is 500 g/mol. The van der Waals surface area contributed by atoms with Crippen molar-refractivity contribution in [2.75, 3.05) is 7.11 Å². The Hall–Kier alpha value is -2.59. The minimum Gasteiger partial charge on any atom is -0.496 e. The molecule has 1 saturated heterocycles. The number of nitrogens with zero attached hydrogens (tertiary/aromatic N) is 1. The molecular formula is C26H28N2O6S2. The van der Waals surface area contributed by atoms with Crippen molar-refractivity contribution in [3.63, 3.8) is 0 Å². The number of thiazole rings is 1. The number of fused-ring (bicyclic) bond motifs is 9. The molecule has 1 aromatic heterocycles. The molecule has 8 nitrogen and oxygen atoms in total. The fraction of sp³-hybridized carbons (Fsp3) is 0.538. The topological polar surface area (TPSA) is 117 Å². The number of H-pyrrole nitrogens is 1. The number of rotatable bonds is 6. The van der Waals surface area contributed by atoms with Crippen molar-refractivity contribution in [3.8, 4) is 5.75 Å². The predicted octanol–water partition coefficient (Wildman–Crippen LogP) is 3.42. The van der Waals surface area contributed by atoms with Crippen LogP contribution >= 0.6 is 23.1 Å². The van der Waals surface area contributed by atoms with E-state index in [4.69, 9.17) is 4.74 Å². The number of carbonyl (C=O) groups is 3. The van der Waals surface area contributed by atoms with Gasteiger partial charge in [-0.15, -0.1) is 11.8 Å². The lowest BCUT2D eigenvalue weighted by Gasteiger charge is -2.43. The van der Waals surface area contributed by atoms with Gasteiger partial charge in [0.25, 0.3) is 0 Å². The largest absolute Gasteiger partial charge is 0.496 e. The third-order valence-electron chi connectivity index (χ3n) is 8.52. The van der Waals surface area contributed by atoms with Crippen molar-refractivity contribution in [1.82, 2.24) is 9.88 Å². The third-order valence-corrected chi connectivity index (χ3v) is 11.1. The van der Waals surface area contributed by atoms with Crippen LogP contribution in [0.4, 0.5) is 0 Å². The van der Waals surface area contributed by atoms with Gasteiger partial charge in [-0.3, -0.25) is 19.3 Å². The van der Waals surface area contributed by atoms with Gasteiger partial charge >= 0.3 is 10.8 Å². The van der Waals surface area contributed by atoms with E-state index < -0.39 is 23.8 Å². The number of carboxylic acids is 1. The number of ether oxygens (including phenoxy) is 1. The molecule has 2 bridgehead atoms. The first-order chi connectivity index (χ1) is 17.2. The summed E-state index contributed by atoms with van der Waals surface area (Å²) in [4.78, 5) is 56.8. The normalized spacial score (nSPS) is 33.0. The molecule has 3 fully saturated rings. The van der Waals surface area contributed by atoms with Gasteiger partial charge in [0.1, 0.15) is 11.8 Å². The number of amides is 2. The fourth-order valence-electron chi connectivity index (χ4n) is 7.38. The smallest absolute Gasteiger partial charge is 0.326 e. The molecule has 2 aliphatic heterocycles. The van der Waals surface area contributed by atoms with Gasteiger partial charge in [0.2, 0.25) is 11.8 Å². The first kappa shape index (κ1) is 23.8. The second-order valence-corrected chi connectivity index (χ2v) is 12.9. The highest BCUT2D eigenvalue weighted by Crippen LogP contribution is 2.69. The van der Waals surface area contributed by atoms with Crippen LogP contribution in [0.3, 0.4) is 0 Å². The SMILES string of the molecule is COc1ccccc1[C@@H]1c2sc(=O)[nH]c2S[C@@H]2[C@H]3C[C@@H]([C@@H]4C(=O)N([C@H](CC(C)C)C(=O)O)C(=O)[C@@H]34)[C@H]12. The number of methoxy groups -OCH3 is 1. The van der Waals surface area contributed by atoms with E-state index in [1.807, 2.05) is 38.1 Å². The van der Waals surface area contributed by atoms with Crippen LogP contribution in [0.2, 0.25) is 0 Å². The van der Waals surface area contributed by atoms with Crippen LogP contribution < -0.4 is 9.61 Å². The Morgan fingerprint density at radius 1 is 1.17 bits per heavy atom. The summed E-state index contributed by atoms with van der Waals surface area (Å²) in [6.45, 7) is 3.79. The molecule has 2 aromatic rings. The molecule has 10 heteroatoms. The molecule has 2 aliphatic carbocycles. The van der Waals surface area contributed by atoms with Gasteiger partial charge in [-0.2, -0.15) is 0 Å². The molecule has 0 radical (unpaired) electrons. The minimum absolute atomic E-state index is 0.0322. The number of imide groups is 1. The van der Waals surface area contributed by atoms with Gasteiger partial charge in [0, 0.05) is 21.6 Å². The molecule has 0 spiro atoms. The molecule has 6 rings (SSSR count). The number of carboxylic acid groups (broad SMARTS) is 1. The highest BCUT2D eigenvalue weighted by Gasteiger charge is 2.70. The molecule has 8 atom stereocenters. The zero-order valence-electron chi connectivity index (χ0n) is 20.2. The zero-order valence-corrected chi connectivity index (χ0v) is 21.8. The second-order valence-electron chi connectivity index (χ2n) is 10.7. The number of aromatic nitrogens is 1. The lowest BCUT2D eigenvalue weighted by molar-refractivity contribution is -0.156. The highest BCUT2D eigenvalue weighted by atomic mass is 32.2. The molecule has 36 heavy (non-hydrogen) atoms. The number of nitrogens with one attached hydrogen (secondary N) is 1. The number of carbonyl (C=O) groups excluding carboxylic acids is 2. The Bertz CT molecular complexity index is 1320. The van der Waals surface area contributed by atoms with Gasteiger partial charge in [-0.25, -0.2) is 4.79 Å². The van der Waals surface area contributed by atoms with Gasteiger partial charge < -0.3 is 14.8 Å². The number of para-hydroxylation sites is 1. The predicted molar refractivity (Wildman–Crippen MR) is 134 cm³/mol. The maximum Gasteiger partial charge on any atom is 0.326 e. The quantitative estimate of drug-likeness (QED) is 0.552. The van der Waals surface area contributed by atoms with Gasteiger partial charge in [0.05, 0.1) is 24.0 Å². The summed E-state index contributed by atoms with van der Waals surface area (Å²) in [6, 6.07) is 6.66. The third kappa shape index (κ3) is 3.26. The van der Waals surface area contributed by atoms with Crippen molar-refractivity contribution in [2.24, 2.45) is 35.5 Å². The maximum absolute atomic E-state index is 13.8. The lowest BCUT2D eigenvalue weighted by atomic mass is 9.68. The van der Waals surface area contributed by atoms with Crippen molar-refractivity contribution >= 4 is 40.9 Å². The second kappa shape index (κ2) is 8.48. The van der Waals surface area contributed by atoms with Crippen molar-refractivity contribution in [1.29, 1.82) is 0 Å². The number of hydrogen-bond donors (Lipinski definition) is 2. The minimum atomic E-state index is -1.13. The Balaban J connectivity index is 1.44. The van der Waals surface area contributed by atoms with Crippen molar-refractivity contribution in [3.05, 3.63) is 44.4 Å². The van der Waals surface area contributed by atoms with E-state index in [1.165, 1.54) is 11.3 Å². The van der Waals surface area contributed by atoms with E-state index >= 15 is 0 Å². The molecule has 4 aliphatic rings. The number of aromatic amines is 1. The Labute approximate surface area is 216 Å². The number of likely N-dealkylation sites (tertiary alicyclic amines) is 1. The van der Waals surface area contributed by atoms with Crippen LogP contribution in [-0.2, 0) is 14.4 Å². The van der Waals surface area contributed by atoms with Crippen molar-refractivity contribution in [2.45, 2.75) is 48.9 Å². The molecule has 0 unspecified atom stereocenters. The Kier molecular flexibility index (Phi) is 5.60. The van der Waals surface area contributed by atoms with E-state index in [1.54, 1.807) is 18.9 Å². The van der Waals surface area contributed by atoms with Crippen LogP contribution in [-0.4, -0.2) is 51.2 Å². The molecule has 1 aromatic carbocycles. The first-order valence-electron chi connectivity index (χ1n) is 12.3. The summed E-state index contributed by atoms with van der Waals surface area (Å²) in [6.07, 6.45) is 1.00. The molecule has 2 N–H and O–H groups in total. The van der Waals surface area contributed by atoms with E-state index in [0.717, 1.165) is 32.5 Å². The summed E-state index contributed by atoms with van der Waals surface area (Å²) < 4.78 is 5.70. The summed E-state index contributed by atoms with van der Waals surface area (Å²) in [5.74, 6) is -2.22. The lowest BCUT2D eigenvalue weighted by Crippen LogP contribution is -2.47. The van der Waals surface area contributed by atoms with Gasteiger partial charge in [-0.1, -0.05) is 43.4 Å². The molecule has 190 valence electrons. The van der Waals surface area contributed by atoms with E-state index in [-0.39, 0.29) is 57.9 Å². The number of hydrogen-bond acceptors (Lipinski definition) is 7. The van der Waals surface area contributed by atoms with Crippen LogP contribution in [0.5, 0.6) is 5.75 Å². The average Bonchev–Trinajstić information content (AvgIpc) is 3.56. The molecule has 2 amide bonds. The average molecular weight is 529 g/mol. The van der Waals surface area contributed by atoms with Crippen LogP contribution in [0, 0.1) is 35.5 Å². The fourth-order valence-corrected chi connectivity index (χ4v) is 10.3. The van der Waals surface area contributed by atoms with Crippen LogP contribution in [0.15, 0.2) is 34.1 Å². The summed E-state index contributed by atoms with van der Waals surface area (Å²) in [5.41, 5.74) is 0.979. The van der Waals surface area contributed by atoms with Gasteiger partial charge in [-0.05, 0) is 42.6 Å². The first-order valence-corrected chi connectivity index (χ1v) is 14.0. The number of thioether (sulfide) groups is 1. The van der Waals surface area contributed by atoms with E-state index in [9.17, 15) is 24.3 Å². The molecule has 2 saturated carbocycles. The van der Waals surface area contributed by atoms with Gasteiger partial charge in [0.15, 0.2) is 0 Å². The summed E-state index contributed by atoms with van der Waals surface area (Å²) in [7, 11) is 1.63. The maximum atomic E-state index is 13.8. The number of aliphatic carboxylic acids is 1. The Morgan fingerprint density at radius 3 is 2.53 bits per heavy atom. The van der Waals surface area contributed by atoms with Crippen LogP contribution in [0.25, 0.3) is 0 Å². The van der Waals surface area contributed by atoms with Crippen molar-refractivity contribution < 1.29 is 24.2 Å². The van der Waals surface area contributed by atoms with E-state index in [0.29, 0.717) is 0 Å². The number of benzene rings is 1. The van der Waals surface area contributed by atoms with E-state index in [2.05, 4.69) is 4.98 Å². The summed E-state index contributed by atoms with van der Waals surface area (Å²) >= 11 is 2.82. The monoisotopic (exact) mass is 528 g/mol. The highest BCUT2D eigenvalue weighted by molar-refractivity contribution is 8.00. The zero-order chi connectivity index (χ0) is 25.5. The van der Waals surface area contributed by atoms with Crippen LogP contribution in [0.1, 0.15) is 43.0 Å². The summed E-state index contributed by atoms with van der Waals surface area (Å²) in [5, 5.41) is 10.8. The Morgan fingerprint density at radius 2 is 1.86 bits per heavy atom. The standard InChI is InChI=1S/C26H28N2O6S2/c1-10(2)8-14(25(31)32)28-23(29)18-12-9-13(19(18)24(28)30)20-17(12)16(11-6-4-5-7-15(11)34-3)21-22(35-20)27-26(33)36-21/h4-7,10,12-14,16-20H,8-9H2,1-3H3,(H,27,33)(H,31,32)/t12-,13+,14-,16+,17-,18+,19+,20-/m1/s1.